The molecule has 0 aromatic heterocycles. The highest BCUT2D eigenvalue weighted by Crippen LogP contribution is 2.15. The van der Waals surface area contributed by atoms with Crippen LogP contribution < -0.4 is 21.1 Å². The number of benzene rings is 2. The lowest BCUT2D eigenvalue weighted by atomic mass is 10.2. The van der Waals surface area contributed by atoms with Gasteiger partial charge in [0.1, 0.15) is 5.75 Å². The second-order valence-electron chi connectivity index (χ2n) is 5.38. The van der Waals surface area contributed by atoms with E-state index in [4.69, 9.17) is 10.5 Å². The van der Waals surface area contributed by atoms with Crippen molar-refractivity contribution in [3.63, 3.8) is 0 Å². The Morgan fingerprint density at radius 2 is 1.71 bits per heavy atom. The molecule has 2 rings (SSSR count). The number of nitrogens with one attached hydrogen (secondary N) is 2. The number of primary amides is 1. The number of ether oxygens (including phenoxy) is 1. The molecule has 0 aliphatic rings. The minimum Gasteiger partial charge on any atom is -0.494 e. The molecule has 0 heterocycles. The molecule has 0 bridgehead atoms. The predicted molar refractivity (Wildman–Crippen MR) is 94.2 cm³/mol. The summed E-state index contributed by atoms with van der Waals surface area (Å²) in [4.78, 5) is 22.6. The standard InChI is InChI=1S/C18H21N3O3/c1-13-4-2-5-16(12-13)24-11-3-6-17(22)20-14-7-9-15(10-8-14)21-18(19)23/h2,4-5,7-10,12H,3,6,11H2,1H3,(H,20,22)(H3,19,21,23). The van der Waals surface area contributed by atoms with Gasteiger partial charge in [-0.25, -0.2) is 4.79 Å². The molecule has 2 aromatic carbocycles. The number of anilines is 2. The smallest absolute Gasteiger partial charge is 0.316 e. The molecule has 0 saturated heterocycles. The molecule has 6 heteroatoms. The predicted octanol–water partition coefficient (Wildman–Crippen LogP) is 3.28. The Morgan fingerprint density at radius 1 is 1.04 bits per heavy atom. The Morgan fingerprint density at radius 3 is 2.33 bits per heavy atom. The fourth-order valence-corrected chi connectivity index (χ4v) is 2.13. The molecule has 0 aliphatic carbocycles. The van der Waals surface area contributed by atoms with Crippen LogP contribution in [0.25, 0.3) is 0 Å². The van der Waals surface area contributed by atoms with Crippen LogP contribution in [0.3, 0.4) is 0 Å². The topological polar surface area (TPSA) is 93.4 Å². The van der Waals surface area contributed by atoms with E-state index >= 15 is 0 Å². The average molecular weight is 327 g/mol. The van der Waals surface area contributed by atoms with E-state index in [1.54, 1.807) is 24.3 Å². The van der Waals surface area contributed by atoms with Crippen LogP contribution in [0.2, 0.25) is 0 Å². The summed E-state index contributed by atoms with van der Waals surface area (Å²) < 4.78 is 5.61. The fraction of sp³-hybridized carbons (Fsp3) is 0.222. The largest absolute Gasteiger partial charge is 0.494 e. The van der Waals surface area contributed by atoms with E-state index in [0.29, 0.717) is 30.8 Å². The zero-order valence-corrected chi connectivity index (χ0v) is 13.5. The molecule has 0 spiro atoms. The SMILES string of the molecule is Cc1cccc(OCCCC(=O)Nc2ccc(NC(N)=O)cc2)c1. The molecule has 0 fully saturated rings. The zero-order chi connectivity index (χ0) is 17.4. The zero-order valence-electron chi connectivity index (χ0n) is 13.5. The Labute approximate surface area is 141 Å². The van der Waals surface area contributed by atoms with Gasteiger partial charge in [0.15, 0.2) is 0 Å². The molecular formula is C18H21N3O3. The van der Waals surface area contributed by atoms with Gasteiger partial charge < -0.3 is 21.1 Å². The summed E-state index contributed by atoms with van der Waals surface area (Å²) in [6.45, 7) is 2.49. The fourth-order valence-electron chi connectivity index (χ4n) is 2.13. The lowest BCUT2D eigenvalue weighted by Crippen LogP contribution is -2.19. The van der Waals surface area contributed by atoms with Gasteiger partial charge in [-0.15, -0.1) is 0 Å². The lowest BCUT2D eigenvalue weighted by Gasteiger charge is -2.08. The first-order valence-electron chi connectivity index (χ1n) is 7.69. The monoisotopic (exact) mass is 327 g/mol. The van der Waals surface area contributed by atoms with Crippen LogP contribution in [0.4, 0.5) is 16.2 Å². The molecule has 0 aliphatic heterocycles. The quantitative estimate of drug-likeness (QED) is 0.681. The maximum absolute atomic E-state index is 11.9. The van der Waals surface area contributed by atoms with Gasteiger partial charge in [-0.05, 0) is 55.3 Å². The summed E-state index contributed by atoms with van der Waals surface area (Å²) in [6, 6.07) is 13.9. The molecule has 3 amide bonds. The third-order valence-corrected chi connectivity index (χ3v) is 3.24. The number of hydrogen-bond acceptors (Lipinski definition) is 3. The van der Waals surface area contributed by atoms with E-state index in [1.165, 1.54) is 0 Å². The number of hydrogen-bond donors (Lipinski definition) is 3. The van der Waals surface area contributed by atoms with Crippen molar-refractivity contribution in [1.82, 2.24) is 0 Å². The maximum Gasteiger partial charge on any atom is 0.316 e. The summed E-state index contributed by atoms with van der Waals surface area (Å²) in [5.41, 5.74) is 7.41. The molecule has 0 unspecified atom stereocenters. The van der Waals surface area contributed by atoms with Crippen molar-refractivity contribution >= 4 is 23.3 Å². The number of carbonyl (C=O) groups is 2. The lowest BCUT2D eigenvalue weighted by molar-refractivity contribution is -0.116. The van der Waals surface area contributed by atoms with Crippen molar-refractivity contribution in [3.8, 4) is 5.75 Å². The summed E-state index contributed by atoms with van der Waals surface area (Å²) in [5.74, 6) is 0.728. The van der Waals surface area contributed by atoms with Crippen molar-refractivity contribution in [2.24, 2.45) is 5.73 Å². The van der Waals surface area contributed by atoms with Gasteiger partial charge in [0.2, 0.25) is 5.91 Å². The molecular weight excluding hydrogens is 306 g/mol. The Balaban J connectivity index is 1.70. The second kappa shape index (κ2) is 8.57. The van der Waals surface area contributed by atoms with E-state index in [0.717, 1.165) is 11.3 Å². The molecule has 24 heavy (non-hydrogen) atoms. The van der Waals surface area contributed by atoms with E-state index in [-0.39, 0.29) is 5.91 Å². The number of amides is 3. The molecule has 0 radical (unpaired) electrons. The first-order valence-corrected chi connectivity index (χ1v) is 7.69. The number of urea groups is 1. The van der Waals surface area contributed by atoms with Gasteiger partial charge in [0, 0.05) is 17.8 Å². The number of rotatable bonds is 7. The number of aryl methyl sites for hydroxylation is 1. The minimum atomic E-state index is -0.625. The van der Waals surface area contributed by atoms with Crippen molar-refractivity contribution < 1.29 is 14.3 Å². The van der Waals surface area contributed by atoms with Crippen LogP contribution in [0.5, 0.6) is 5.75 Å². The third-order valence-electron chi connectivity index (χ3n) is 3.24. The normalized spacial score (nSPS) is 10.0. The number of carbonyl (C=O) groups excluding carboxylic acids is 2. The van der Waals surface area contributed by atoms with Gasteiger partial charge >= 0.3 is 6.03 Å². The van der Waals surface area contributed by atoms with Crippen LogP contribution in [0.15, 0.2) is 48.5 Å². The van der Waals surface area contributed by atoms with Gasteiger partial charge in [-0.3, -0.25) is 4.79 Å². The van der Waals surface area contributed by atoms with Crippen LogP contribution in [-0.4, -0.2) is 18.5 Å². The summed E-state index contributed by atoms with van der Waals surface area (Å²) >= 11 is 0. The van der Waals surface area contributed by atoms with E-state index in [9.17, 15) is 9.59 Å². The van der Waals surface area contributed by atoms with Crippen molar-refractivity contribution in [2.45, 2.75) is 19.8 Å². The molecule has 6 nitrogen and oxygen atoms in total. The molecule has 2 aromatic rings. The Kier molecular flexibility index (Phi) is 6.19. The van der Waals surface area contributed by atoms with E-state index < -0.39 is 6.03 Å². The maximum atomic E-state index is 11.9. The van der Waals surface area contributed by atoms with E-state index in [2.05, 4.69) is 10.6 Å². The van der Waals surface area contributed by atoms with E-state index in [1.807, 2.05) is 31.2 Å². The highest BCUT2D eigenvalue weighted by molar-refractivity contribution is 5.91. The second-order valence-corrected chi connectivity index (χ2v) is 5.38. The summed E-state index contributed by atoms with van der Waals surface area (Å²) in [6.07, 6.45) is 0.994. The molecule has 0 saturated carbocycles. The highest BCUT2D eigenvalue weighted by Gasteiger charge is 2.03. The van der Waals surface area contributed by atoms with Crippen molar-refractivity contribution in [1.29, 1.82) is 0 Å². The molecule has 0 atom stereocenters. The summed E-state index contributed by atoms with van der Waals surface area (Å²) in [7, 11) is 0. The van der Waals surface area contributed by atoms with Crippen molar-refractivity contribution in [3.05, 3.63) is 54.1 Å². The first-order chi connectivity index (χ1) is 11.5. The van der Waals surface area contributed by atoms with Crippen LogP contribution in [0, 0.1) is 6.92 Å². The van der Waals surface area contributed by atoms with Gasteiger partial charge in [-0.1, -0.05) is 12.1 Å². The Bertz CT molecular complexity index is 699. The third kappa shape index (κ3) is 6.00. The van der Waals surface area contributed by atoms with Crippen LogP contribution in [-0.2, 0) is 4.79 Å². The van der Waals surface area contributed by atoms with Gasteiger partial charge in [-0.2, -0.15) is 0 Å². The Hall–Kier alpha value is -3.02. The minimum absolute atomic E-state index is 0.0848. The average Bonchev–Trinajstić information content (AvgIpc) is 2.53. The number of nitrogens with two attached hydrogens (primary N) is 1. The molecule has 126 valence electrons. The van der Waals surface area contributed by atoms with Crippen molar-refractivity contribution in [2.75, 3.05) is 17.2 Å². The van der Waals surface area contributed by atoms with Gasteiger partial charge in [0.25, 0.3) is 0 Å². The highest BCUT2D eigenvalue weighted by atomic mass is 16.5. The van der Waals surface area contributed by atoms with Crippen LogP contribution >= 0.6 is 0 Å². The summed E-state index contributed by atoms with van der Waals surface area (Å²) in [5, 5.41) is 5.25. The van der Waals surface area contributed by atoms with Crippen LogP contribution in [0.1, 0.15) is 18.4 Å². The molecule has 4 N–H and O–H groups in total. The first kappa shape index (κ1) is 17.3. The van der Waals surface area contributed by atoms with Gasteiger partial charge in [0.05, 0.1) is 6.61 Å².